The highest BCUT2D eigenvalue weighted by atomic mass is 16.1. The Labute approximate surface area is 106 Å². The van der Waals surface area contributed by atoms with Gasteiger partial charge in [0.1, 0.15) is 5.69 Å². The summed E-state index contributed by atoms with van der Waals surface area (Å²) >= 11 is 0. The van der Waals surface area contributed by atoms with E-state index < -0.39 is 0 Å². The summed E-state index contributed by atoms with van der Waals surface area (Å²) in [6, 6.07) is 7.31. The van der Waals surface area contributed by atoms with Crippen LogP contribution in [0.1, 0.15) is 22.6 Å². The SMILES string of the molecule is Cc1cccc(C(=O)NCCCn2cccn2)n1. The molecule has 0 aliphatic rings. The maximum absolute atomic E-state index is 11.8. The van der Waals surface area contributed by atoms with E-state index in [1.807, 2.05) is 36.0 Å². The molecule has 0 bridgehead atoms. The fourth-order valence-corrected chi connectivity index (χ4v) is 1.64. The topological polar surface area (TPSA) is 59.8 Å². The van der Waals surface area contributed by atoms with E-state index in [4.69, 9.17) is 0 Å². The molecule has 5 nitrogen and oxygen atoms in total. The Hall–Kier alpha value is -2.17. The first-order valence-electron chi connectivity index (χ1n) is 5.95. The molecule has 2 aromatic rings. The minimum Gasteiger partial charge on any atom is -0.351 e. The Morgan fingerprint density at radius 2 is 2.28 bits per heavy atom. The van der Waals surface area contributed by atoms with E-state index in [1.54, 1.807) is 12.3 Å². The van der Waals surface area contributed by atoms with E-state index in [2.05, 4.69) is 15.4 Å². The molecule has 2 rings (SSSR count). The van der Waals surface area contributed by atoms with Gasteiger partial charge in [0.05, 0.1) is 0 Å². The number of hydrogen-bond donors (Lipinski definition) is 1. The molecular formula is C13H16N4O. The van der Waals surface area contributed by atoms with E-state index in [0.29, 0.717) is 12.2 Å². The van der Waals surface area contributed by atoms with Crippen LogP contribution in [-0.4, -0.2) is 27.2 Å². The molecule has 0 aliphatic heterocycles. The van der Waals surface area contributed by atoms with Crippen molar-refractivity contribution in [3.63, 3.8) is 0 Å². The average Bonchev–Trinajstić information content (AvgIpc) is 2.87. The minimum absolute atomic E-state index is 0.126. The summed E-state index contributed by atoms with van der Waals surface area (Å²) in [5, 5.41) is 6.94. The lowest BCUT2D eigenvalue weighted by molar-refractivity contribution is 0.0947. The summed E-state index contributed by atoms with van der Waals surface area (Å²) in [6.07, 6.45) is 4.50. The van der Waals surface area contributed by atoms with Crippen molar-refractivity contribution < 1.29 is 4.79 Å². The average molecular weight is 244 g/mol. The van der Waals surface area contributed by atoms with Crippen LogP contribution < -0.4 is 5.32 Å². The Morgan fingerprint density at radius 1 is 1.39 bits per heavy atom. The lowest BCUT2D eigenvalue weighted by Crippen LogP contribution is -2.26. The highest BCUT2D eigenvalue weighted by Crippen LogP contribution is 1.98. The maximum atomic E-state index is 11.8. The largest absolute Gasteiger partial charge is 0.351 e. The van der Waals surface area contributed by atoms with Crippen molar-refractivity contribution in [1.29, 1.82) is 0 Å². The predicted molar refractivity (Wildman–Crippen MR) is 68.2 cm³/mol. The van der Waals surface area contributed by atoms with Crippen molar-refractivity contribution in [2.75, 3.05) is 6.54 Å². The Kier molecular flexibility index (Phi) is 4.06. The number of nitrogens with zero attached hydrogens (tertiary/aromatic N) is 3. The molecule has 18 heavy (non-hydrogen) atoms. The molecular weight excluding hydrogens is 228 g/mol. The highest BCUT2D eigenvalue weighted by molar-refractivity contribution is 5.92. The standard InChI is InChI=1S/C13H16N4O/c1-11-5-2-6-12(16-11)13(18)14-7-3-9-17-10-4-8-15-17/h2,4-6,8,10H,3,7,9H2,1H3,(H,14,18). The van der Waals surface area contributed by atoms with Gasteiger partial charge in [0.15, 0.2) is 0 Å². The third-order valence-corrected chi connectivity index (χ3v) is 2.53. The number of nitrogens with one attached hydrogen (secondary N) is 1. The normalized spacial score (nSPS) is 10.3. The maximum Gasteiger partial charge on any atom is 0.269 e. The van der Waals surface area contributed by atoms with Gasteiger partial charge in [-0.15, -0.1) is 0 Å². The monoisotopic (exact) mass is 244 g/mol. The van der Waals surface area contributed by atoms with Gasteiger partial charge in [-0.2, -0.15) is 5.10 Å². The molecule has 0 atom stereocenters. The van der Waals surface area contributed by atoms with Gasteiger partial charge in [-0.25, -0.2) is 4.98 Å². The molecule has 1 amide bonds. The van der Waals surface area contributed by atoms with Crippen LogP contribution in [0.5, 0.6) is 0 Å². The van der Waals surface area contributed by atoms with Crippen molar-refractivity contribution in [3.8, 4) is 0 Å². The van der Waals surface area contributed by atoms with Crippen LogP contribution in [0, 0.1) is 6.92 Å². The molecule has 0 unspecified atom stereocenters. The molecule has 0 saturated heterocycles. The van der Waals surface area contributed by atoms with Crippen molar-refractivity contribution >= 4 is 5.91 Å². The zero-order chi connectivity index (χ0) is 12.8. The van der Waals surface area contributed by atoms with Crippen LogP contribution in [0.15, 0.2) is 36.7 Å². The fourth-order valence-electron chi connectivity index (χ4n) is 1.64. The Morgan fingerprint density at radius 3 is 3.00 bits per heavy atom. The second-order valence-corrected chi connectivity index (χ2v) is 4.04. The van der Waals surface area contributed by atoms with E-state index in [-0.39, 0.29) is 5.91 Å². The van der Waals surface area contributed by atoms with Gasteiger partial charge < -0.3 is 5.32 Å². The number of amides is 1. The summed E-state index contributed by atoms with van der Waals surface area (Å²) in [6.45, 7) is 3.29. The smallest absolute Gasteiger partial charge is 0.269 e. The number of rotatable bonds is 5. The number of aryl methyl sites for hydroxylation is 2. The summed E-state index contributed by atoms with van der Waals surface area (Å²) < 4.78 is 1.84. The van der Waals surface area contributed by atoms with Gasteiger partial charge in [-0.1, -0.05) is 6.07 Å². The summed E-state index contributed by atoms with van der Waals surface area (Å²) in [5.74, 6) is -0.126. The van der Waals surface area contributed by atoms with Gasteiger partial charge in [0.25, 0.3) is 5.91 Å². The lowest BCUT2D eigenvalue weighted by atomic mass is 10.3. The van der Waals surface area contributed by atoms with Crippen LogP contribution in [0.4, 0.5) is 0 Å². The molecule has 0 saturated carbocycles. The number of pyridine rings is 1. The first kappa shape index (κ1) is 12.3. The molecule has 94 valence electrons. The third-order valence-electron chi connectivity index (χ3n) is 2.53. The number of aromatic nitrogens is 3. The van der Waals surface area contributed by atoms with E-state index in [9.17, 15) is 4.79 Å². The van der Waals surface area contributed by atoms with Crippen LogP contribution in [-0.2, 0) is 6.54 Å². The van der Waals surface area contributed by atoms with E-state index >= 15 is 0 Å². The van der Waals surface area contributed by atoms with Crippen molar-refractivity contribution in [1.82, 2.24) is 20.1 Å². The molecule has 2 aromatic heterocycles. The molecule has 5 heteroatoms. The fraction of sp³-hybridized carbons (Fsp3) is 0.308. The number of carbonyl (C=O) groups is 1. The van der Waals surface area contributed by atoms with Crippen molar-refractivity contribution in [2.45, 2.75) is 19.9 Å². The zero-order valence-electron chi connectivity index (χ0n) is 10.3. The number of hydrogen-bond acceptors (Lipinski definition) is 3. The van der Waals surface area contributed by atoms with Gasteiger partial charge in [-0.3, -0.25) is 9.48 Å². The molecule has 0 fully saturated rings. The van der Waals surface area contributed by atoms with Gasteiger partial charge in [0.2, 0.25) is 0 Å². The van der Waals surface area contributed by atoms with Crippen molar-refractivity contribution in [3.05, 3.63) is 48.0 Å². The van der Waals surface area contributed by atoms with Crippen LogP contribution in [0.3, 0.4) is 0 Å². The molecule has 2 heterocycles. The Balaban J connectivity index is 1.75. The molecule has 0 aliphatic carbocycles. The second kappa shape index (κ2) is 5.95. The molecule has 0 spiro atoms. The molecule has 0 radical (unpaired) electrons. The summed E-state index contributed by atoms with van der Waals surface area (Å²) in [5.41, 5.74) is 1.31. The summed E-state index contributed by atoms with van der Waals surface area (Å²) in [4.78, 5) is 15.9. The van der Waals surface area contributed by atoms with Crippen LogP contribution in [0.2, 0.25) is 0 Å². The van der Waals surface area contributed by atoms with Gasteiger partial charge >= 0.3 is 0 Å². The quantitative estimate of drug-likeness (QED) is 0.809. The van der Waals surface area contributed by atoms with Crippen LogP contribution >= 0.6 is 0 Å². The van der Waals surface area contributed by atoms with E-state index in [1.165, 1.54) is 0 Å². The highest BCUT2D eigenvalue weighted by Gasteiger charge is 2.05. The lowest BCUT2D eigenvalue weighted by Gasteiger charge is -2.05. The molecule has 0 aromatic carbocycles. The van der Waals surface area contributed by atoms with Crippen LogP contribution in [0.25, 0.3) is 0 Å². The van der Waals surface area contributed by atoms with Gasteiger partial charge in [0, 0.05) is 31.2 Å². The summed E-state index contributed by atoms with van der Waals surface area (Å²) in [7, 11) is 0. The first-order chi connectivity index (χ1) is 8.75. The Bertz CT molecular complexity index is 507. The zero-order valence-corrected chi connectivity index (χ0v) is 10.3. The van der Waals surface area contributed by atoms with E-state index in [0.717, 1.165) is 18.7 Å². The predicted octanol–water partition coefficient (Wildman–Crippen LogP) is 1.41. The van der Waals surface area contributed by atoms with Crippen molar-refractivity contribution in [2.24, 2.45) is 0 Å². The minimum atomic E-state index is -0.126. The third kappa shape index (κ3) is 3.41. The first-order valence-corrected chi connectivity index (χ1v) is 5.95. The van der Waals surface area contributed by atoms with Gasteiger partial charge in [-0.05, 0) is 31.5 Å². The second-order valence-electron chi connectivity index (χ2n) is 4.04. The number of carbonyl (C=O) groups excluding carboxylic acids is 1. The molecule has 1 N–H and O–H groups in total.